The lowest BCUT2D eigenvalue weighted by molar-refractivity contribution is 0.521. The van der Waals surface area contributed by atoms with Crippen LogP contribution in [0.1, 0.15) is 47.3 Å². The zero-order valence-corrected chi connectivity index (χ0v) is 13.6. The fourth-order valence-corrected chi connectivity index (χ4v) is 2.75. The Bertz CT molecular complexity index is 590. The lowest BCUT2D eigenvalue weighted by atomic mass is 9.94. The largest absolute Gasteiger partial charge is 0.310 e. The van der Waals surface area contributed by atoms with Crippen LogP contribution in [0.15, 0.2) is 36.5 Å². The predicted octanol–water partition coefficient (Wildman–Crippen LogP) is 4.29. The van der Waals surface area contributed by atoms with Gasteiger partial charge in [-0.25, -0.2) is 0 Å². The van der Waals surface area contributed by atoms with E-state index in [1.165, 1.54) is 27.9 Å². The lowest BCUT2D eigenvalue weighted by Crippen LogP contribution is -2.25. The van der Waals surface area contributed by atoms with Gasteiger partial charge in [0.15, 0.2) is 0 Å². The summed E-state index contributed by atoms with van der Waals surface area (Å²) >= 11 is 0. The van der Waals surface area contributed by atoms with Gasteiger partial charge in [-0.1, -0.05) is 36.8 Å². The van der Waals surface area contributed by atoms with Gasteiger partial charge in [-0.3, -0.25) is 4.98 Å². The van der Waals surface area contributed by atoms with Gasteiger partial charge >= 0.3 is 0 Å². The molecule has 0 aliphatic carbocycles. The van der Waals surface area contributed by atoms with Crippen molar-refractivity contribution in [2.24, 2.45) is 0 Å². The highest BCUT2D eigenvalue weighted by atomic mass is 14.9. The van der Waals surface area contributed by atoms with E-state index in [4.69, 9.17) is 0 Å². The van der Waals surface area contributed by atoms with Crippen LogP contribution in [0.4, 0.5) is 0 Å². The maximum Gasteiger partial charge on any atom is 0.0451 e. The molecule has 0 amide bonds. The summed E-state index contributed by atoms with van der Waals surface area (Å²) in [5, 5.41) is 3.68. The molecule has 2 heteroatoms. The van der Waals surface area contributed by atoms with Gasteiger partial charge in [0.1, 0.15) is 0 Å². The molecule has 0 radical (unpaired) electrons. The van der Waals surface area contributed by atoms with Crippen LogP contribution in [0, 0.1) is 20.8 Å². The second-order valence-corrected chi connectivity index (χ2v) is 5.84. The van der Waals surface area contributed by atoms with Gasteiger partial charge in [0.25, 0.3) is 0 Å². The van der Waals surface area contributed by atoms with Gasteiger partial charge < -0.3 is 5.32 Å². The zero-order valence-electron chi connectivity index (χ0n) is 13.6. The SMILES string of the molecule is CCCNC(Cc1ncccc1C)c1ccc(C)cc1C. The maximum atomic E-state index is 4.56. The molecule has 21 heavy (non-hydrogen) atoms. The number of nitrogens with one attached hydrogen (secondary N) is 1. The van der Waals surface area contributed by atoms with Crippen LogP contribution in [0.3, 0.4) is 0 Å². The van der Waals surface area contributed by atoms with Crippen molar-refractivity contribution in [2.75, 3.05) is 6.54 Å². The van der Waals surface area contributed by atoms with Crippen LogP contribution >= 0.6 is 0 Å². The minimum Gasteiger partial charge on any atom is -0.310 e. The summed E-state index contributed by atoms with van der Waals surface area (Å²) in [7, 11) is 0. The average molecular weight is 282 g/mol. The van der Waals surface area contributed by atoms with Crippen molar-refractivity contribution in [2.45, 2.75) is 46.6 Å². The Labute approximate surface area is 128 Å². The van der Waals surface area contributed by atoms with E-state index in [1.807, 2.05) is 12.3 Å². The first-order valence-electron chi connectivity index (χ1n) is 7.82. The van der Waals surface area contributed by atoms with Crippen LogP contribution in [-0.4, -0.2) is 11.5 Å². The van der Waals surface area contributed by atoms with Crippen LogP contribution < -0.4 is 5.32 Å². The van der Waals surface area contributed by atoms with Crippen LogP contribution in [0.2, 0.25) is 0 Å². The summed E-state index contributed by atoms with van der Waals surface area (Å²) in [4.78, 5) is 4.56. The standard InChI is InChI=1S/C19H26N2/c1-5-10-20-19(13-18-15(3)7-6-11-21-18)17-9-8-14(2)12-16(17)4/h6-9,11-12,19-20H,5,10,13H2,1-4H3. The van der Waals surface area contributed by atoms with E-state index in [-0.39, 0.29) is 0 Å². The lowest BCUT2D eigenvalue weighted by Gasteiger charge is -2.22. The molecule has 0 saturated heterocycles. The normalized spacial score (nSPS) is 12.4. The maximum absolute atomic E-state index is 4.56. The molecule has 1 N–H and O–H groups in total. The van der Waals surface area contributed by atoms with Crippen LogP contribution in [0.25, 0.3) is 0 Å². The van der Waals surface area contributed by atoms with Gasteiger partial charge in [0.05, 0.1) is 0 Å². The quantitative estimate of drug-likeness (QED) is 0.855. The Morgan fingerprint density at radius 3 is 2.57 bits per heavy atom. The molecule has 2 nitrogen and oxygen atoms in total. The summed E-state index contributed by atoms with van der Waals surface area (Å²) in [6.45, 7) is 9.73. The molecular weight excluding hydrogens is 256 g/mol. The smallest absolute Gasteiger partial charge is 0.0451 e. The molecule has 0 aliphatic rings. The van der Waals surface area contributed by atoms with Crippen molar-refractivity contribution in [3.8, 4) is 0 Å². The third-order valence-electron chi connectivity index (χ3n) is 3.96. The van der Waals surface area contributed by atoms with E-state index in [9.17, 15) is 0 Å². The topological polar surface area (TPSA) is 24.9 Å². The number of rotatable bonds is 6. The van der Waals surface area contributed by atoms with E-state index in [0.717, 1.165) is 19.4 Å². The molecule has 112 valence electrons. The first kappa shape index (κ1) is 15.7. The van der Waals surface area contributed by atoms with Crippen LogP contribution in [-0.2, 0) is 6.42 Å². The van der Waals surface area contributed by atoms with Crippen LogP contribution in [0.5, 0.6) is 0 Å². The fourth-order valence-electron chi connectivity index (χ4n) is 2.75. The number of aryl methyl sites for hydroxylation is 3. The minimum absolute atomic E-state index is 0.333. The van der Waals surface area contributed by atoms with Crippen molar-refractivity contribution >= 4 is 0 Å². The summed E-state index contributed by atoms with van der Waals surface area (Å²) in [5.41, 5.74) is 6.52. The molecule has 0 saturated carbocycles. The summed E-state index contributed by atoms with van der Waals surface area (Å²) < 4.78 is 0. The molecular formula is C19H26N2. The molecule has 0 bridgehead atoms. The summed E-state index contributed by atoms with van der Waals surface area (Å²) in [6.07, 6.45) is 3.97. The predicted molar refractivity (Wildman–Crippen MR) is 89.6 cm³/mol. The first-order chi connectivity index (χ1) is 10.1. The number of hydrogen-bond donors (Lipinski definition) is 1. The highest BCUT2D eigenvalue weighted by molar-refractivity contribution is 5.34. The van der Waals surface area contributed by atoms with Gasteiger partial charge in [-0.2, -0.15) is 0 Å². The Morgan fingerprint density at radius 2 is 1.90 bits per heavy atom. The molecule has 1 unspecified atom stereocenters. The van der Waals surface area contributed by atoms with E-state index in [1.54, 1.807) is 0 Å². The van der Waals surface area contributed by atoms with E-state index < -0.39 is 0 Å². The van der Waals surface area contributed by atoms with Gasteiger partial charge in [-0.15, -0.1) is 0 Å². The number of aromatic nitrogens is 1. The van der Waals surface area contributed by atoms with E-state index in [0.29, 0.717) is 6.04 Å². The number of benzene rings is 1. The van der Waals surface area contributed by atoms with Crippen molar-refractivity contribution in [1.29, 1.82) is 0 Å². The van der Waals surface area contributed by atoms with E-state index >= 15 is 0 Å². The molecule has 1 aromatic carbocycles. The number of nitrogens with zero attached hydrogens (tertiary/aromatic N) is 1. The third kappa shape index (κ3) is 4.15. The Kier molecular flexibility index (Phi) is 5.51. The zero-order chi connectivity index (χ0) is 15.2. The Morgan fingerprint density at radius 1 is 1.10 bits per heavy atom. The molecule has 2 aromatic rings. The van der Waals surface area contributed by atoms with Crippen molar-refractivity contribution in [3.63, 3.8) is 0 Å². The van der Waals surface area contributed by atoms with Crippen molar-refractivity contribution in [1.82, 2.24) is 10.3 Å². The third-order valence-corrected chi connectivity index (χ3v) is 3.96. The molecule has 1 heterocycles. The molecule has 0 spiro atoms. The highest BCUT2D eigenvalue weighted by Gasteiger charge is 2.15. The van der Waals surface area contributed by atoms with Gasteiger partial charge in [0, 0.05) is 24.4 Å². The second-order valence-electron chi connectivity index (χ2n) is 5.84. The summed E-state index contributed by atoms with van der Waals surface area (Å²) in [6, 6.07) is 11.2. The minimum atomic E-state index is 0.333. The fraction of sp³-hybridized carbons (Fsp3) is 0.421. The second kappa shape index (κ2) is 7.37. The van der Waals surface area contributed by atoms with Crippen molar-refractivity contribution in [3.05, 3.63) is 64.5 Å². The van der Waals surface area contributed by atoms with Gasteiger partial charge in [-0.05, 0) is 56.5 Å². The number of pyridine rings is 1. The van der Waals surface area contributed by atoms with Crippen molar-refractivity contribution < 1.29 is 0 Å². The van der Waals surface area contributed by atoms with E-state index in [2.05, 4.69) is 62.3 Å². The Hall–Kier alpha value is -1.67. The molecule has 0 fully saturated rings. The Balaban J connectivity index is 2.27. The molecule has 1 aromatic heterocycles. The first-order valence-corrected chi connectivity index (χ1v) is 7.82. The molecule has 0 aliphatic heterocycles. The average Bonchev–Trinajstić information content (AvgIpc) is 2.46. The molecule has 2 rings (SSSR count). The number of hydrogen-bond acceptors (Lipinski definition) is 2. The molecule has 1 atom stereocenters. The monoisotopic (exact) mass is 282 g/mol. The highest BCUT2D eigenvalue weighted by Crippen LogP contribution is 2.23. The van der Waals surface area contributed by atoms with Gasteiger partial charge in [0.2, 0.25) is 0 Å². The summed E-state index contributed by atoms with van der Waals surface area (Å²) in [5.74, 6) is 0.